The van der Waals surface area contributed by atoms with Gasteiger partial charge in [-0.25, -0.2) is 0 Å². The third-order valence-corrected chi connectivity index (χ3v) is 2.08. The molecule has 92 valence electrons. The average molecular weight is 231 g/mol. The van der Waals surface area contributed by atoms with Gasteiger partial charge in [0.05, 0.1) is 13.2 Å². The van der Waals surface area contributed by atoms with Gasteiger partial charge in [0.25, 0.3) is 5.91 Å². The Hall–Kier alpha value is -1.27. The first-order valence-electron chi connectivity index (χ1n) is 5.13. The SMILES string of the molecule is COCCN(CCO)C(=O)C1=COCCO1. The maximum absolute atomic E-state index is 11.9. The summed E-state index contributed by atoms with van der Waals surface area (Å²) in [5.41, 5.74) is 0. The number of hydrogen-bond acceptors (Lipinski definition) is 5. The second-order valence-corrected chi connectivity index (χ2v) is 3.21. The Morgan fingerprint density at radius 3 is 2.94 bits per heavy atom. The molecule has 6 nitrogen and oxygen atoms in total. The van der Waals surface area contributed by atoms with Crippen LogP contribution in [0.2, 0.25) is 0 Å². The van der Waals surface area contributed by atoms with Crippen molar-refractivity contribution in [3.8, 4) is 0 Å². The number of carbonyl (C=O) groups excluding carboxylic acids is 1. The molecule has 0 fully saturated rings. The Morgan fingerprint density at radius 1 is 1.56 bits per heavy atom. The highest BCUT2D eigenvalue weighted by Crippen LogP contribution is 2.08. The minimum Gasteiger partial charge on any atom is -0.494 e. The monoisotopic (exact) mass is 231 g/mol. The van der Waals surface area contributed by atoms with Crippen LogP contribution >= 0.6 is 0 Å². The number of rotatable bonds is 6. The van der Waals surface area contributed by atoms with Crippen LogP contribution in [0.1, 0.15) is 0 Å². The summed E-state index contributed by atoms with van der Waals surface area (Å²) < 4.78 is 15.1. The zero-order valence-electron chi connectivity index (χ0n) is 9.35. The maximum Gasteiger partial charge on any atom is 0.292 e. The van der Waals surface area contributed by atoms with Gasteiger partial charge in [0.15, 0.2) is 0 Å². The molecule has 0 atom stereocenters. The van der Waals surface area contributed by atoms with E-state index in [1.807, 2.05) is 0 Å². The first-order chi connectivity index (χ1) is 7.79. The number of ether oxygens (including phenoxy) is 3. The molecule has 0 bridgehead atoms. The van der Waals surface area contributed by atoms with E-state index in [1.54, 1.807) is 7.11 Å². The highest BCUT2D eigenvalue weighted by Gasteiger charge is 2.21. The van der Waals surface area contributed by atoms with E-state index >= 15 is 0 Å². The van der Waals surface area contributed by atoms with Gasteiger partial charge in [0, 0.05) is 20.2 Å². The molecule has 0 spiro atoms. The average Bonchev–Trinajstić information content (AvgIpc) is 2.35. The smallest absolute Gasteiger partial charge is 0.292 e. The second kappa shape index (κ2) is 7.08. The molecule has 6 heteroatoms. The van der Waals surface area contributed by atoms with Crippen molar-refractivity contribution in [1.82, 2.24) is 4.90 Å². The molecule has 16 heavy (non-hydrogen) atoms. The van der Waals surface area contributed by atoms with Crippen molar-refractivity contribution in [2.75, 3.05) is 46.6 Å². The standard InChI is InChI=1S/C10H17NO5/c1-14-5-3-11(2-4-12)10(13)9-8-15-6-7-16-9/h8,12H,2-7H2,1H3. The molecule has 1 N–H and O–H groups in total. The third-order valence-electron chi connectivity index (χ3n) is 2.08. The Labute approximate surface area is 94.4 Å². The van der Waals surface area contributed by atoms with Crippen molar-refractivity contribution >= 4 is 5.91 Å². The summed E-state index contributed by atoms with van der Waals surface area (Å²) in [6, 6.07) is 0. The molecule has 0 saturated carbocycles. The molecule has 0 aliphatic carbocycles. The van der Waals surface area contributed by atoms with Crippen LogP contribution in [0.3, 0.4) is 0 Å². The Morgan fingerprint density at radius 2 is 2.38 bits per heavy atom. The van der Waals surface area contributed by atoms with Gasteiger partial charge in [-0.3, -0.25) is 4.79 Å². The van der Waals surface area contributed by atoms with E-state index < -0.39 is 0 Å². The van der Waals surface area contributed by atoms with Crippen molar-refractivity contribution in [2.45, 2.75) is 0 Å². The van der Waals surface area contributed by atoms with Crippen molar-refractivity contribution in [3.63, 3.8) is 0 Å². The lowest BCUT2D eigenvalue weighted by Gasteiger charge is -2.24. The Balaban J connectivity index is 2.54. The first-order valence-corrected chi connectivity index (χ1v) is 5.13. The summed E-state index contributed by atoms with van der Waals surface area (Å²) >= 11 is 0. The molecule has 0 radical (unpaired) electrons. The number of nitrogens with zero attached hydrogens (tertiary/aromatic N) is 1. The van der Waals surface area contributed by atoms with Gasteiger partial charge in [-0.05, 0) is 0 Å². The van der Waals surface area contributed by atoms with Crippen LogP contribution in [-0.2, 0) is 19.0 Å². The van der Waals surface area contributed by atoms with E-state index in [0.29, 0.717) is 26.4 Å². The van der Waals surface area contributed by atoms with Crippen LogP contribution in [0, 0.1) is 0 Å². The number of amides is 1. The summed E-state index contributed by atoms with van der Waals surface area (Å²) in [5.74, 6) is -0.110. The number of aliphatic hydroxyl groups is 1. The summed E-state index contributed by atoms with van der Waals surface area (Å²) in [4.78, 5) is 13.3. The second-order valence-electron chi connectivity index (χ2n) is 3.21. The largest absolute Gasteiger partial charge is 0.494 e. The van der Waals surface area contributed by atoms with E-state index in [1.165, 1.54) is 11.2 Å². The Bertz CT molecular complexity index is 254. The van der Waals surface area contributed by atoms with Crippen LogP contribution in [0.5, 0.6) is 0 Å². The lowest BCUT2D eigenvalue weighted by molar-refractivity contribution is -0.133. The summed E-state index contributed by atoms with van der Waals surface area (Å²) in [6.07, 6.45) is 1.31. The van der Waals surface area contributed by atoms with E-state index in [2.05, 4.69) is 0 Å². The van der Waals surface area contributed by atoms with Crippen LogP contribution in [0.25, 0.3) is 0 Å². The van der Waals surface area contributed by atoms with Crippen LogP contribution in [0.15, 0.2) is 12.0 Å². The van der Waals surface area contributed by atoms with Gasteiger partial charge >= 0.3 is 0 Å². The molecule has 1 rings (SSSR count). The minimum absolute atomic E-state index is 0.0937. The zero-order valence-corrected chi connectivity index (χ0v) is 9.35. The highest BCUT2D eigenvalue weighted by molar-refractivity contribution is 5.91. The van der Waals surface area contributed by atoms with Gasteiger partial charge < -0.3 is 24.2 Å². The van der Waals surface area contributed by atoms with E-state index in [9.17, 15) is 4.79 Å². The van der Waals surface area contributed by atoms with Crippen LogP contribution in [-0.4, -0.2) is 62.5 Å². The number of hydrogen-bond donors (Lipinski definition) is 1. The molecule has 0 aromatic heterocycles. The fraction of sp³-hybridized carbons (Fsp3) is 0.700. The molecule has 0 aromatic carbocycles. The predicted molar refractivity (Wildman–Crippen MR) is 55.5 cm³/mol. The van der Waals surface area contributed by atoms with Crippen molar-refractivity contribution < 1.29 is 24.1 Å². The molecule has 0 saturated heterocycles. The number of aliphatic hydroxyl groups excluding tert-OH is 1. The summed E-state index contributed by atoms with van der Waals surface area (Å²) in [5, 5.41) is 8.86. The maximum atomic E-state index is 11.9. The van der Waals surface area contributed by atoms with Gasteiger partial charge in [0.2, 0.25) is 5.76 Å². The predicted octanol–water partition coefficient (Wildman–Crippen LogP) is -0.658. The van der Waals surface area contributed by atoms with E-state index in [-0.39, 0.29) is 24.8 Å². The minimum atomic E-state index is -0.286. The lowest BCUT2D eigenvalue weighted by Crippen LogP contribution is -2.38. The fourth-order valence-corrected chi connectivity index (χ4v) is 1.27. The Kier molecular flexibility index (Phi) is 5.66. The van der Waals surface area contributed by atoms with Crippen LogP contribution in [0.4, 0.5) is 0 Å². The molecule has 0 aromatic rings. The molecule has 1 amide bonds. The van der Waals surface area contributed by atoms with E-state index in [4.69, 9.17) is 19.3 Å². The van der Waals surface area contributed by atoms with Gasteiger partial charge in [-0.2, -0.15) is 0 Å². The molecule has 1 aliphatic heterocycles. The summed E-state index contributed by atoms with van der Waals surface area (Å²) in [7, 11) is 1.56. The number of methoxy groups -OCH3 is 1. The van der Waals surface area contributed by atoms with Crippen molar-refractivity contribution in [1.29, 1.82) is 0 Å². The summed E-state index contributed by atoms with van der Waals surface area (Å²) in [6.45, 7) is 1.81. The molecular weight excluding hydrogens is 214 g/mol. The molecule has 1 heterocycles. The fourth-order valence-electron chi connectivity index (χ4n) is 1.27. The molecular formula is C10H17NO5. The quantitative estimate of drug-likeness (QED) is 0.657. The molecule has 0 unspecified atom stereocenters. The molecule has 1 aliphatic rings. The zero-order chi connectivity index (χ0) is 11.8. The topological polar surface area (TPSA) is 68.2 Å². The van der Waals surface area contributed by atoms with E-state index in [0.717, 1.165) is 0 Å². The normalized spacial score (nSPS) is 14.8. The first kappa shape index (κ1) is 12.8. The van der Waals surface area contributed by atoms with Gasteiger partial charge in [-0.1, -0.05) is 0 Å². The van der Waals surface area contributed by atoms with Crippen molar-refractivity contribution in [3.05, 3.63) is 12.0 Å². The lowest BCUT2D eigenvalue weighted by atomic mass is 10.4. The van der Waals surface area contributed by atoms with Crippen LogP contribution < -0.4 is 0 Å². The van der Waals surface area contributed by atoms with Gasteiger partial charge in [0.1, 0.15) is 19.5 Å². The number of carbonyl (C=O) groups is 1. The third kappa shape index (κ3) is 3.71. The highest BCUT2D eigenvalue weighted by atomic mass is 16.6. The van der Waals surface area contributed by atoms with Gasteiger partial charge in [-0.15, -0.1) is 0 Å². The van der Waals surface area contributed by atoms with Crippen molar-refractivity contribution in [2.24, 2.45) is 0 Å².